The van der Waals surface area contributed by atoms with Gasteiger partial charge in [0.25, 0.3) is 0 Å². The molecule has 0 spiro atoms. The summed E-state index contributed by atoms with van der Waals surface area (Å²) in [5.41, 5.74) is 1.21. The Morgan fingerprint density at radius 1 is 1.45 bits per heavy atom. The van der Waals surface area contributed by atoms with Gasteiger partial charge in [0.15, 0.2) is 0 Å². The molecule has 1 aromatic heterocycles. The Morgan fingerprint density at radius 2 is 2.27 bits per heavy atom. The van der Waals surface area contributed by atoms with Crippen molar-refractivity contribution < 1.29 is 8.42 Å². The molecule has 1 aliphatic heterocycles. The molecule has 1 fully saturated rings. The molecule has 6 nitrogen and oxygen atoms in total. The monoisotopic (exact) mass is 326 g/mol. The van der Waals surface area contributed by atoms with Gasteiger partial charge >= 0.3 is 0 Å². The fraction of sp³-hybridized carbons (Fsp3) is 0.667. The first kappa shape index (κ1) is 17.2. The van der Waals surface area contributed by atoms with Crippen molar-refractivity contribution in [2.45, 2.75) is 19.8 Å². The predicted octanol–water partition coefficient (Wildman–Crippen LogP) is 1.06. The Morgan fingerprint density at radius 3 is 3.00 bits per heavy atom. The van der Waals surface area contributed by atoms with Crippen molar-refractivity contribution >= 4 is 15.8 Å². The van der Waals surface area contributed by atoms with E-state index in [1.54, 1.807) is 0 Å². The zero-order chi connectivity index (χ0) is 16.0. The average Bonchev–Trinajstić information content (AvgIpc) is 2.88. The van der Waals surface area contributed by atoms with Crippen LogP contribution in [0.5, 0.6) is 0 Å². The summed E-state index contributed by atoms with van der Waals surface area (Å²) in [6, 6.07) is 4.05. The van der Waals surface area contributed by atoms with E-state index < -0.39 is 10.0 Å². The highest BCUT2D eigenvalue weighted by Gasteiger charge is 2.21. The van der Waals surface area contributed by atoms with Gasteiger partial charge in [0.05, 0.1) is 6.26 Å². The third-order valence-electron chi connectivity index (χ3n) is 3.87. The molecule has 2 rings (SSSR count). The minimum Gasteiger partial charge on any atom is -0.370 e. The van der Waals surface area contributed by atoms with E-state index in [0.717, 1.165) is 38.4 Å². The third kappa shape index (κ3) is 6.29. The lowest BCUT2D eigenvalue weighted by molar-refractivity contribution is 0.322. The fourth-order valence-corrected chi connectivity index (χ4v) is 3.24. The number of aromatic nitrogens is 1. The van der Waals surface area contributed by atoms with Gasteiger partial charge in [-0.3, -0.25) is 0 Å². The van der Waals surface area contributed by atoms with E-state index in [1.165, 1.54) is 18.2 Å². The van der Waals surface area contributed by atoms with Crippen LogP contribution in [0.2, 0.25) is 0 Å². The maximum Gasteiger partial charge on any atom is 0.208 e. The highest BCUT2D eigenvalue weighted by Crippen LogP contribution is 2.17. The number of rotatable bonds is 8. The summed E-state index contributed by atoms with van der Waals surface area (Å²) in [7, 11) is -3.06. The van der Waals surface area contributed by atoms with Gasteiger partial charge in [-0.1, -0.05) is 0 Å². The smallest absolute Gasteiger partial charge is 0.208 e. The zero-order valence-electron chi connectivity index (χ0n) is 13.4. The molecule has 0 radical (unpaired) electrons. The van der Waals surface area contributed by atoms with Gasteiger partial charge < -0.3 is 10.2 Å². The van der Waals surface area contributed by atoms with Crippen molar-refractivity contribution in [2.24, 2.45) is 5.92 Å². The van der Waals surface area contributed by atoms with Crippen molar-refractivity contribution in [1.82, 2.24) is 14.6 Å². The van der Waals surface area contributed by atoms with Gasteiger partial charge in [-0.15, -0.1) is 0 Å². The van der Waals surface area contributed by atoms with Gasteiger partial charge in [0.2, 0.25) is 10.0 Å². The van der Waals surface area contributed by atoms with Crippen LogP contribution in [-0.4, -0.2) is 57.3 Å². The standard InChI is InChI=1S/C15H26N4O2S/c1-13-4-7-16-15(10-13)17-11-14-5-9-19(12-14)8-3-6-18-22(2,20)21/h4,7,10,14,18H,3,5-6,8-9,11-12H2,1-2H3,(H,16,17). The van der Waals surface area contributed by atoms with Crippen LogP contribution in [0.25, 0.3) is 0 Å². The molecule has 2 N–H and O–H groups in total. The molecule has 1 atom stereocenters. The second-order valence-corrected chi connectivity index (χ2v) is 7.91. The van der Waals surface area contributed by atoms with Crippen molar-refractivity contribution in [3.63, 3.8) is 0 Å². The fourth-order valence-electron chi connectivity index (χ4n) is 2.72. The Labute approximate surface area is 133 Å². The molecule has 1 saturated heterocycles. The second kappa shape index (κ2) is 7.89. The van der Waals surface area contributed by atoms with Gasteiger partial charge in [-0.2, -0.15) is 0 Å². The van der Waals surface area contributed by atoms with Crippen molar-refractivity contribution in [1.29, 1.82) is 0 Å². The van der Waals surface area contributed by atoms with Crippen LogP contribution in [0.15, 0.2) is 18.3 Å². The molecule has 1 aliphatic rings. The summed E-state index contributed by atoms with van der Waals surface area (Å²) in [6.45, 7) is 6.63. The molecule has 0 aromatic carbocycles. The Balaban J connectivity index is 1.63. The van der Waals surface area contributed by atoms with Crippen LogP contribution in [-0.2, 0) is 10.0 Å². The highest BCUT2D eigenvalue weighted by atomic mass is 32.2. The van der Waals surface area contributed by atoms with E-state index in [-0.39, 0.29) is 0 Å². The molecule has 0 amide bonds. The van der Waals surface area contributed by atoms with Crippen LogP contribution >= 0.6 is 0 Å². The topological polar surface area (TPSA) is 74.3 Å². The minimum absolute atomic E-state index is 0.519. The van der Waals surface area contributed by atoms with Gasteiger partial charge in [0, 0.05) is 25.8 Å². The average molecular weight is 326 g/mol. The molecule has 0 saturated carbocycles. The summed E-state index contributed by atoms with van der Waals surface area (Å²) in [5, 5.41) is 3.41. The Kier molecular flexibility index (Phi) is 6.16. The summed E-state index contributed by atoms with van der Waals surface area (Å²) in [4.78, 5) is 6.72. The molecule has 0 aliphatic carbocycles. The van der Waals surface area contributed by atoms with Crippen molar-refractivity contribution in [3.05, 3.63) is 23.9 Å². The molecule has 22 heavy (non-hydrogen) atoms. The molecular weight excluding hydrogens is 300 g/mol. The van der Waals surface area contributed by atoms with Crippen LogP contribution in [0.4, 0.5) is 5.82 Å². The maximum atomic E-state index is 11.0. The van der Waals surface area contributed by atoms with E-state index >= 15 is 0 Å². The minimum atomic E-state index is -3.06. The number of nitrogens with one attached hydrogen (secondary N) is 2. The van der Waals surface area contributed by atoms with Crippen LogP contribution < -0.4 is 10.0 Å². The number of aryl methyl sites for hydroxylation is 1. The number of anilines is 1. The normalized spacial score (nSPS) is 19.5. The number of likely N-dealkylation sites (tertiary alicyclic amines) is 1. The third-order valence-corrected chi connectivity index (χ3v) is 4.60. The molecule has 0 bridgehead atoms. The number of hydrogen-bond acceptors (Lipinski definition) is 5. The SMILES string of the molecule is Cc1ccnc(NCC2CCN(CCCNS(C)(=O)=O)C2)c1. The molecule has 1 aromatic rings. The molecular formula is C15H26N4O2S. The lowest BCUT2D eigenvalue weighted by atomic mass is 10.1. The molecule has 124 valence electrons. The molecule has 7 heteroatoms. The van der Waals surface area contributed by atoms with E-state index in [0.29, 0.717) is 12.5 Å². The van der Waals surface area contributed by atoms with E-state index in [1.807, 2.05) is 12.3 Å². The van der Waals surface area contributed by atoms with Crippen molar-refractivity contribution in [2.75, 3.05) is 44.3 Å². The first-order valence-corrected chi connectivity index (χ1v) is 9.65. The number of nitrogens with zero attached hydrogens (tertiary/aromatic N) is 2. The second-order valence-electron chi connectivity index (χ2n) is 6.07. The van der Waals surface area contributed by atoms with Crippen LogP contribution in [0.1, 0.15) is 18.4 Å². The quantitative estimate of drug-likeness (QED) is 0.699. The predicted molar refractivity (Wildman–Crippen MR) is 89.5 cm³/mol. The van der Waals surface area contributed by atoms with Crippen LogP contribution in [0, 0.1) is 12.8 Å². The summed E-state index contributed by atoms with van der Waals surface area (Å²) < 4.78 is 24.5. The number of hydrogen-bond donors (Lipinski definition) is 2. The summed E-state index contributed by atoms with van der Waals surface area (Å²) in [6.07, 6.45) is 5.06. The number of pyridine rings is 1. The zero-order valence-corrected chi connectivity index (χ0v) is 14.2. The van der Waals surface area contributed by atoms with Gasteiger partial charge in [0.1, 0.15) is 5.82 Å². The maximum absolute atomic E-state index is 11.0. The summed E-state index contributed by atoms with van der Waals surface area (Å²) >= 11 is 0. The van der Waals surface area contributed by atoms with Gasteiger partial charge in [-0.05, 0) is 56.5 Å². The van der Waals surface area contributed by atoms with Gasteiger partial charge in [-0.25, -0.2) is 18.1 Å². The van der Waals surface area contributed by atoms with E-state index in [2.05, 4.69) is 32.9 Å². The molecule has 2 heterocycles. The summed E-state index contributed by atoms with van der Waals surface area (Å²) in [5.74, 6) is 1.57. The first-order valence-electron chi connectivity index (χ1n) is 7.76. The van der Waals surface area contributed by atoms with E-state index in [4.69, 9.17) is 0 Å². The van der Waals surface area contributed by atoms with Crippen molar-refractivity contribution in [3.8, 4) is 0 Å². The van der Waals surface area contributed by atoms with Crippen LogP contribution in [0.3, 0.4) is 0 Å². The Bertz CT molecular complexity index is 577. The van der Waals surface area contributed by atoms with E-state index in [9.17, 15) is 8.42 Å². The largest absolute Gasteiger partial charge is 0.370 e. The first-order chi connectivity index (χ1) is 10.4. The lowest BCUT2D eigenvalue weighted by Crippen LogP contribution is -2.29. The molecule has 1 unspecified atom stereocenters. The number of sulfonamides is 1. The highest BCUT2D eigenvalue weighted by molar-refractivity contribution is 7.88. The lowest BCUT2D eigenvalue weighted by Gasteiger charge is -2.16. The Hall–Kier alpha value is -1.18.